The summed E-state index contributed by atoms with van der Waals surface area (Å²) in [5.74, 6) is -1.15. The van der Waals surface area contributed by atoms with Gasteiger partial charge in [0, 0.05) is 0 Å². The van der Waals surface area contributed by atoms with Crippen molar-refractivity contribution < 1.29 is 14.4 Å². The first-order valence-electron chi connectivity index (χ1n) is 10.1. The van der Waals surface area contributed by atoms with E-state index >= 15 is 0 Å². The number of benzene rings is 3. The molecule has 3 aromatic rings. The lowest BCUT2D eigenvalue weighted by atomic mass is 9.90. The smallest absolute Gasteiger partial charge is 0.266 e. The number of imide groups is 1. The van der Waals surface area contributed by atoms with Gasteiger partial charge in [-0.15, -0.1) is 0 Å². The highest BCUT2D eigenvalue weighted by Gasteiger charge is 2.60. The minimum Gasteiger partial charge on any atom is -0.273 e. The number of rotatable bonds is 3. The van der Waals surface area contributed by atoms with Crippen molar-refractivity contribution in [1.82, 2.24) is 0 Å². The predicted molar refractivity (Wildman–Crippen MR) is 115 cm³/mol. The zero-order valence-corrected chi connectivity index (χ0v) is 16.9. The summed E-state index contributed by atoms with van der Waals surface area (Å²) in [6.45, 7) is 3.97. The molecule has 0 bridgehead atoms. The Bertz CT molecular complexity index is 1110. The van der Waals surface area contributed by atoms with Crippen LogP contribution in [0, 0.1) is 19.8 Å². The highest BCUT2D eigenvalue weighted by Crippen LogP contribution is 2.47. The molecule has 0 spiro atoms. The summed E-state index contributed by atoms with van der Waals surface area (Å²) in [6.07, 6.45) is -0.843. The number of amides is 2. The topological polar surface area (TPSA) is 49.9 Å². The molecule has 2 saturated heterocycles. The lowest BCUT2D eigenvalue weighted by molar-refractivity contribution is -0.126. The molecular formula is C25H22N2O3. The molecule has 2 amide bonds. The first kappa shape index (κ1) is 18.6. The summed E-state index contributed by atoms with van der Waals surface area (Å²) < 4.78 is 0. The Labute approximate surface area is 175 Å². The molecule has 2 heterocycles. The van der Waals surface area contributed by atoms with Crippen LogP contribution in [0.25, 0.3) is 0 Å². The van der Waals surface area contributed by atoms with Gasteiger partial charge in [0.2, 0.25) is 5.91 Å². The average molecular weight is 398 g/mol. The molecule has 0 saturated carbocycles. The van der Waals surface area contributed by atoms with E-state index in [2.05, 4.69) is 0 Å². The van der Waals surface area contributed by atoms with E-state index in [9.17, 15) is 9.59 Å². The van der Waals surface area contributed by atoms with Gasteiger partial charge in [0.25, 0.3) is 5.91 Å². The molecule has 2 aliphatic heterocycles. The van der Waals surface area contributed by atoms with Gasteiger partial charge in [-0.3, -0.25) is 14.4 Å². The van der Waals surface area contributed by atoms with Gasteiger partial charge in [0.1, 0.15) is 5.92 Å². The van der Waals surface area contributed by atoms with Crippen LogP contribution >= 0.6 is 0 Å². The van der Waals surface area contributed by atoms with Crippen LogP contribution in [0.2, 0.25) is 0 Å². The second-order valence-electron chi connectivity index (χ2n) is 7.92. The fraction of sp³-hybridized carbons (Fsp3) is 0.200. The number of carbonyl (C=O) groups excluding carboxylic acids is 2. The van der Waals surface area contributed by atoms with Gasteiger partial charge < -0.3 is 0 Å². The fourth-order valence-electron chi connectivity index (χ4n) is 4.34. The Balaban J connectivity index is 1.59. The molecule has 3 atom stereocenters. The van der Waals surface area contributed by atoms with Gasteiger partial charge in [0.15, 0.2) is 6.10 Å². The normalized spacial score (nSPS) is 23.2. The van der Waals surface area contributed by atoms with Crippen LogP contribution in [-0.2, 0) is 14.4 Å². The molecule has 5 nitrogen and oxygen atoms in total. The van der Waals surface area contributed by atoms with Gasteiger partial charge in [-0.1, -0.05) is 60.2 Å². The molecular weight excluding hydrogens is 376 g/mol. The van der Waals surface area contributed by atoms with Crippen LogP contribution in [0.4, 0.5) is 11.4 Å². The van der Waals surface area contributed by atoms with Crippen LogP contribution in [0.1, 0.15) is 22.7 Å². The standard InChI is InChI=1S/C25H22N2O3/c1-16-11-13-18(14-12-16)22-21-23(30-27(22)19-8-4-3-5-9-19)25(29)26(24(21)28)20-10-6-7-17(2)15-20/h3-15,21-23H,1-2H3/t21-,22+,23+/m0/s1. The van der Waals surface area contributed by atoms with Crippen molar-refractivity contribution in [2.24, 2.45) is 5.92 Å². The third-order valence-corrected chi connectivity index (χ3v) is 5.80. The van der Waals surface area contributed by atoms with Crippen molar-refractivity contribution in [2.45, 2.75) is 26.0 Å². The summed E-state index contributed by atoms with van der Waals surface area (Å²) >= 11 is 0. The molecule has 30 heavy (non-hydrogen) atoms. The number of para-hydroxylation sites is 1. The van der Waals surface area contributed by atoms with E-state index < -0.39 is 12.0 Å². The first-order valence-corrected chi connectivity index (χ1v) is 10.1. The Hall–Kier alpha value is -3.44. The van der Waals surface area contributed by atoms with E-state index in [1.165, 1.54) is 4.90 Å². The molecule has 0 radical (unpaired) electrons. The largest absolute Gasteiger partial charge is 0.273 e. The summed E-state index contributed by atoms with van der Waals surface area (Å²) in [7, 11) is 0. The summed E-state index contributed by atoms with van der Waals surface area (Å²) in [5, 5.41) is 1.73. The monoisotopic (exact) mass is 398 g/mol. The van der Waals surface area contributed by atoms with E-state index in [0.29, 0.717) is 5.69 Å². The molecule has 5 heteroatoms. The van der Waals surface area contributed by atoms with Crippen molar-refractivity contribution in [3.05, 3.63) is 95.6 Å². The molecule has 2 fully saturated rings. The molecule has 150 valence electrons. The summed E-state index contributed by atoms with van der Waals surface area (Å²) in [4.78, 5) is 34.2. The number of anilines is 2. The maximum atomic E-state index is 13.5. The number of aryl methyl sites for hydroxylation is 2. The lowest BCUT2D eigenvalue weighted by Gasteiger charge is -2.28. The van der Waals surface area contributed by atoms with Crippen LogP contribution in [-0.4, -0.2) is 17.9 Å². The number of fused-ring (bicyclic) bond motifs is 1. The maximum absolute atomic E-state index is 13.5. The molecule has 0 N–H and O–H groups in total. The summed E-state index contributed by atoms with van der Waals surface area (Å²) in [6, 6.07) is 24.7. The molecule has 3 aromatic carbocycles. The zero-order chi connectivity index (χ0) is 20.8. The molecule has 2 aliphatic rings. The molecule has 5 rings (SSSR count). The molecule has 0 aliphatic carbocycles. The number of hydroxylamine groups is 1. The van der Waals surface area contributed by atoms with Crippen molar-refractivity contribution in [1.29, 1.82) is 0 Å². The third-order valence-electron chi connectivity index (χ3n) is 5.80. The quantitative estimate of drug-likeness (QED) is 0.616. The minimum atomic E-state index is -0.843. The first-order chi connectivity index (χ1) is 14.5. The molecule has 0 unspecified atom stereocenters. The van der Waals surface area contributed by atoms with Crippen LogP contribution < -0.4 is 9.96 Å². The highest BCUT2D eigenvalue weighted by atomic mass is 16.7. The van der Waals surface area contributed by atoms with Crippen LogP contribution in [0.5, 0.6) is 0 Å². The van der Waals surface area contributed by atoms with Gasteiger partial charge in [-0.25, -0.2) is 9.96 Å². The number of carbonyl (C=O) groups is 2. The number of hydrogen-bond donors (Lipinski definition) is 0. The van der Waals surface area contributed by atoms with E-state index in [4.69, 9.17) is 4.84 Å². The van der Waals surface area contributed by atoms with E-state index in [-0.39, 0.29) is 17.9 Å². The van der Waals surface area contributed by atoms with E-state index in [1.54, 1.807) is 11.1 Å². The Morgan fingerprint density at radius 1 is 0.733 bits per heavy atom. The van der Waals surface area contributed by atoms with E-state index in [0.717, 1.165) is 22.4 Å². The van der Waals surface area contributed by atoms with Gasteiger partial charge >= 0.3 is 0 Å². The Kier molecular flexibility index (Phi) is 4.40. The van der Waals surface area contributed by atoms with E-state index in [1.807, 2.05) is 86.6 Å². The third kappa shape index (κ3) is 2.90. The fourth-order valence-corrected chi connectivity index (χ4v) is 4.34. The second-order valence-corrected chi connectivity index (χ2v) is 7.92. The highest BCUT2D eigenvalue weighted by molar-refractivity contribution is 6.23. The second kappa shape index (κ2) is 7.11. The number of hydrogen-bond acceptors (Lipinski definition) is 4. The van der Waals surface area contributed by atoms with Gasteiger partial charge in [0.05, 0.1) is 17.4 Å². The Morgan fingerprint density at radius 3 is 2.13 bits per heavy atom. The lowest BCUT2D eigenvalue weighted by Crippen LogP contribution is -2.37. The SMILES string of the molecule is Cc1ccc([C@@H]2[C@@H]3C(=O)N(c4cccc(C)c4)C(=O)[C@@H]3ON2c2ccccc2)cc1. The van der Waals surface area contributed by atoms with Crippen LogP contribution in [0.3, 0.4) is 0 Å². The van der Waals surface area contributed by atoms with Crippen molar-refractivity contribution in [2.75, 3.05) is 9.96 Å². The maximum Gasteiger partial charge on any atom is 0.266 e. The number of nitrogens with zero attached hydrogens (tertiary/aromatic N) is 2. The summed E-state index contributed by atoms with van der Waals surface area (Å²) in [5.41, 5.74) is 4.49. The van der Waals surface area contributed by atoms with Gasteiger partial charge in [-0.2, -0.15) is 0 Å². The minimum absolute atomic E-state index is 0.223. The predicted octanol–water partition coefficient (Wildman–Crippen LogP) is 4.35. The van der Waals surface area contributed by atoms with Gasteiger partial charge in [-0.05, 0) is 49.2 Å². The Morgan fingerprint density at radius 2 is 1.43 bits per heavy atom. The zero-order valence-electron chi connectivity index (χ0n) is 16.9. The van der Waals surface area contributed by atoms with Crippen molar-refractivity contribution in [3.8, 4) is 0 Å². The van der Waals surface area contributed by atoms with Crippen molar-refractivity contribution >= 4 is 23.2 Å². The molecule has 0 aromatic heterocycles. The van der Waals surface area contributed by atoms with Crippen molar-refractivity contribution in [3.63, 3.8) is 0 Å². The van der Waals surface area contributed by atoms with Crippen LogP contribution in [0.15, 0.2) is 78.9 Å². The average Bonchev–Trinajstić information content (AvgIpc) is 3.26.